The number of thiazole rings is 3. The SMILES string of the molecule is CC(C)c1nc2c(Cl)cc(-c3ncc(N)nc3-c3ccc(F)cc3)cc2s1.CC(C)c1nc2c(Cl)cc(-c3ncc(N)nc3-c3ccn(C)n3)cc2s1.Cc1ccn(-c2nc(N)c(C#N)nc2-c2ccc3ncccc3c2)c1.Cc1ccn(-c2nc(N)cnc2-c2ccc3ncccc3c2)c1.Nc1cnc(-c2cc(Cl)c3nc(N)sc3c2)c(-c2ccc(F)cc2)n1. The second-order valence-electron chi connectivity index (χ2n) is 29.5. The van der Waals surface area contributed by atoms with E-state index in [4.69, 9.17) is 69.2 Å². The molecule has 7 aromatic carbocycles. The Hall–Kier alpha value is -14.8. The van der Waals surface area contributed by atoms with Crippen LogP contribution < -0.4 is 34.4 Å². The summed E-state index contributed by atoms with van der Waals surface area (Å²) in [5, 5.41) is 20.0. The average molecular weight is 1780 g/mol. The van der Waals surface area contributed by atoms with Gasteiger partial charge in [-0.2, -0.15) is 10.4 Å². The number of hydrogen-bond donors (Lipinski definition) is 6. The predicted octanol–water partition coefficient (Wildman–Crippen LogP) is 21.4. The highest BCUT2D eigenvalue weighted by molar-refractivity contribution is 7.22. The van der Waals surface area contributed by atoms with E-state index in [1.54, 1.807) is 82.5 Å². The van der Waals surface area contributed by atoms with Gasteiger partial charge in [0.15, 0.2) is 28.3 Å². The van der Waals surface area contributed by atoms with Crippen molar-refractivity contribution < 1.29 is 8.78 Å². The van der Waals surface area contributed by atoms with E-state index in [1.807, 2.05) is 164 Å². The largest absolute Gasteiger partial charge is 0.382 e. The van der Waals surface area contributed by atoms with Gasteiger partial charge in [-0.25, -0.2) is 58.6 Å². The average Bonchev–Trinajstić information content (AvgIpc) is 1.44. The third-order valence-corrected chi connectivity index (χ3v) is 23.8. The minimum Gasteiger partial charge on any atom is -0.382 e. The molecule has 0 aliphatic carbocycles. The number of nitrogen functional groups attached to an aromatic ring is 6. The number of rotatable bonds is 12. The predicted molar refractivity (Wildman–Crippen MR) is 503 cm³/mol. The molecule has 0 atom stereocenters. The van der Waals surface area contributed by atoms with Gasteiger partial charge in [0.1, 0.15) is 80.3 Å². The van der Waals surface area contributed by atoms with Crippen molar-refractivity contribution in [3.05, 3.63) is 285 Å². The van der Waals surface area contributed by atoms with Crippen molar-refractivity contribution in [1.82, 2.24) is 93.7 Å². The van der Waals surface area contributed by atoms with Gasteiger partial charge in [0, 0.05) is 112 Å². The zero-order chi connectivity index (χ0) is 88.3. The highest BCUT2D eigenvalue weighted by Crippen LogP contribution is 2.43. The second kappa shape index (κ2) is 36.3. The van der Waals surface area contributed by atoms with Gasteiger partial charge in [-0.05, 0) is 165 Å². The third kappa shape index (κ3) is 18.6. The van der Waals surface area contributed by atoms with E-state index < -0.39 is 0 Å². The van der Waals surface area contributed by atoms with Gasteiger partial charge in [0.25, 0.3) is 0 Å². The summed E-state index contributed by atoms with van der Waals surface area (Å²) in [7, 11) is 1.86. The minimum atomic E-state index is -0.327. The zero-order valence-corrected chi connectivity index (χ0v) is 72.8. The number of hydrogen-bond acceptors (Lipinski definition) is 26. The van der Waals surface area contributed by atoms with Gasteiger partial charge < -0.3 is 43.5 Å². The number of halogens is 5. The molecule has 0 saturated carbocycles. The minimum absolute atomic E-state index is 0.119. The monoisotopic (exact) mass is 1780 g/mol. The number of pyridine rings is 2. The van der Waals surface area contributed by atoms with Crippen molar-refractivity contribution in [3.63, 3.8) is 0 Å². The molecule has 0 spiro atoms. The molecule has 0 saturated heterocycles. The van der Waals surface area contributed by atoms with Crippen LogP contribution in [-0.2, 0) is 7.05 Å². The van der Waals surface area contributed by atoms with E-state index in [9.17, 15) is 14.0 Å². The summed E-state index contributed by atoms with van der Waals surface area (Å²) in [6, 6.07) is 51.2. The quantitative estimate of drug-likeness (QED) is 0.0661. The summed E-state index contributed by atoms with van der Waals surface area (Å²) in [6.07, 6.45) is 19.3. The Labute approximate surface area is 746 Å². The lowest BCUT2D eigenvalue weighted by molar-refractivity contribution is 0.627. The molecule has 20 aromatic rings. The molecule has 126 heavy (non-hydrogen) atoms. The van der Waals surface area contributed by atoms with E-state index in [0.29, 0.717) is 112 Å². The molecule has 34 heteroatoms. The van der Waals surface area contributed by atoms with Crippen LogP contribution in [0, 0.1) is 36.8 Å². The Kier molecular flexibility index (Phi) is 24.5. The summed E-state index contributed by atoms with van der Waals surface area (Å²) in [6.45, 7) is 12.5. The molecular weight excluding hydrogens is 1710 g/mol. The number of nitrogens with zero attached hydrogens (tertiary/aromatic N) is 20. The highest BCUT2D eigenvalue weighted by atomic mass is 35.5. The van der Waals surface area contributed by atoms with Gasteiger partial charge in [0.05, 0.1) is 103 Å². The molecule has 26 nitrogen and oxygen atoms in total. The van der Waals surface area contributed by atoms with Crippen LogP contribution in [0.25, 0.3) is 154 Å². The number of nitrogens with two attached hydrogens (primary N) is 6. The summed E-state index contributed by atoms with van der Waals surface area (Å²) in [4.78, 5) is 66.8. The highest BCUT2D eigenvalue weighted by Gasteiger charge is 2.24. The van der Waals surface area contributed by atoms with Crippen molar-refractivity contribution in [2.24, 2.45) is 7.05 Å². The van der Waals surface area contributed by atoms with E-state index in [1.165, 1.54) is 48.0 Å². The van der Waals surface area contributed by atoms with Gasteiger partial charge in [-0.15, -0.1) is 22.7 Å². The maximum atomic E-state index is 13.3. The molecule has 13 aromatic heterocycles. The van der Waals surface area contributed by atoms with Crippen molar-refractivity contribution in [1.29, 1.82) is 5.26 Å². The first kappa shape index (κ1) is 84.8. The molecule has 0 aliphatic rings. The third-order valence-electron chi connectivity index (χ3n) is 19.5. The number of aromatic nitrogens is 19. The number of aryl methyl sites for hydroxylation is 3. The Balaban J connectivity index is 0.000000116. The number of nitriles is 1. The lowest BCUT2D eigenvalue weighted by Crippen LogP contribution is -2.07. The fourth-order valence-corrected chi connectivity index (χ4v) is 17.3. The maximum Gasteiger partial charge on any atom is 0.183 e. The van der Waals surface area contributed by atoms with Crippen molar-refractivity contribution in [3.8, 4) is 108 Å². The van der Waals surface area contributed by atoms with Gasteiger partial charge in [0.2, 0.25) is 0 Å². The van der Waals surface area contributed by atoms with E-state index in [2.05, 4.69) is 120 Å². The van der Waals surface area contributed by atoms with E-state index in [0.717, 1.165) is 113 Å². The van der Waals surface area contributed by atoms with Crippen LogP contribution in [-0.4, -0.2) is 93.7 Å². The number of fused-ring (bicyclic) bond motifs is 5. The molecule has 0 unspecified atom stereocenters. The van der Waals surface area contributed by atoms with Crippen LogP contribution in [0.15, 0.2) is 232 Å². The van der Waals surface area contributed by atoms with Crippen molar-refractivity contribution in [2.45, 2.75) is 53.4 Å². The standard InChI is InChI=1S/C20H16ClFN4S.C19H14N6.C18H17ClN6S.C18H15N5.C17H11ClFN5S/c1-10(2)20-26-19-14(21)7-12(8-15(19)27-20)17-18(25-16(23)9-24-17)11-3-5-13(22)6-4-11;1-12-6-8-25(11-12)19-17(23-16(10-20)18(21)24-19)14-4-5-15-13(9-14)3-2-7-22-15;1-9(2)18-23-16-11(19)6-10(7-13(16)26-18)15-17(22-14(20)8-21-15)12-4-5-25(3)24-12;1-12-6-8-23(11-12)18-17(21-10-16(19)22-18)14-4-5-15-13(9-14)3-2-7-20-15;18-11-5-9(6-12-16(11)24-17(21)25-12)14-15(23-13(20)7-22-14)8-1-3-10(19)4-2-8/h3-10H,1-2H3,(H2,23,25);2-9,11H,1H3,(H2,21,24);4-9H,1-3H3,(H2,20,22);2-11H,1H3,(H2,19,22);1-7H,(H2,20,23)(H2,21,24). The van der Waals surface area contributed by atoms with Gasteiger partial charge in [-0.3, -0.25) is 29.6 Å². The van der Waals surface area contributed by atoms with E-state index >= 15 is 0 Å². The molecule has 0 aliphatic heterocycles. The van der Waals surface area contributed by atoms with Crippen molar-refractivity contribution >= 4 is 155 Å². The van der Waals surface area contributed by atoms with Crippen LogP contribution in [0.1, 0.15) is 66.4 Å². The molecule has 0 bridgehead atoms. The summed E-state index contributed by atoms with van der Waals surface area (Å²) in [5.41, 5.74) is 53.0. The Morgan fingerprint density at radius 2 is 0.810 bits per heavy atom. The van der Waals surface area contributed by atoms with Gasteiger partial charge in [-0.1, -0.05) is 98.1 Å². The van der Waals surface area contributed by atoms with Crippen LogP contribution >= 0.6 is 68.8 Å². The molecule has 13 heterocycles. The Morgan fingerprint density at radius 3 is 1.25 bits per heavy atom. The molecular formula is C92H73Cl3F2N26S3. The molecule has 624 valence electrons. The smallest absolute Gasteiger partial charge is 0.183 e. The molecule has 0 amide bonds. The van der Waals surface area contributed by atoms with Crippen molar-refractivity contribution in [2.75, 3.05) is 34.4 Å². The van der Waals surface area contributed by atoms with Crippen LogP contribution in [0.2, 0.25) is 15.1 Å². The lowest BCUT2D eigenvalue weighted by Gasteiger charge is -2.11. The Bertz CT molecular complexity index is 7550. The van der Waals surface area contributed by atoms with Crippen LogP contribution in [0.5, 0.6) is 0 Å². The van der Waals surface area contributed by atoms with E-state index in [-0.39, 0.29) is 29.0 Å². The fourth-order valence-electron chi connectivity index (χ4n) is 13.5. The first-order chi connectivity index (χ1) is 60.7. The maximum absolute atomic E-state index is 13.3. The Morgan fingerprint density at radius 1 is 0.397 bits per heavy atom. The van der Waals surface area contributed by atoms with Crippen LogP contribution in [0.4, 0.5) is 43.0 Å². The lowest BCUT2D eigenvalue weighted by atomic mass is 10.0. The summed E-state index contributed by atoms with van der Waals surface area (Å²) >= 11 is 24.0. The normalized spacial score (nSPS) is 11.2. The first-order valence-electron chi connectivity index (χ1n) is 38.9. The van der Waals surface area contributed by atoms with Gasteiger partial charge >= 0.3 is 0 Å². The van der Waals surface area contributed by atoms with Crippen LogP contribution in [0.3, 0.4) is 0 Å². The fraction of sp³-hybridized carbons (Fsp3) is 0.0978. The first-order valence-corrected chi connectivity index (χ1v) is 42.5. The molecule has 20 rings (SSSR count). The zero-order valence-electron chi connectivity index (χ0n) is 68.1. The number of anilines is 6. The number of benzene rings is 7. The molecule has 0 fully saturated rings. The summed E-state index contributed by atoms with van der Waals surface area (Å²) < 4.78 is 35.0. The second-order valence-corrected chi connectivity index (χ2v) is 33.9. The topological polar surface area (TPSA) is 401 Å². The summed E-state index contributed by atoms with van der Waals surface area (Å²) in [5.74, 6) is 2.80. The molecule has 0 radical (unpaired) electrons. The molecule has 12 N–H and O–H groups in total.